The third-order valence-corrected chi connectivity index (χ3v) is 7.44. The van der Waals surface area contributed by atoms with Gasteiger partial charge in [-0.15, -0.1) is 0 Å². The fourth-order valence-electron chi connectivity index (χ4n) is 4.73. The molecule has 0 aromatic carbocycles. The van der Waals surface area contributed by atoms with Gasteiger partial charge in [-0.1, -0.05) is 157 Å². The summed E-state index contributed by atoms with van der Waals surface area (Å²) in [5.41, 5.74) is 0. The smallest absolute Gasteiger partial charge is 0.304 e. The first-order valence-corrected chi connectivity index (χ1v) is 18.2. The number of rotatable bonds is 26. The number of nitrogens with zero attached hydrogens (tertiary/aromatic N) is 2. The van der Waals surface area contributed by atoms with Crippen molar-refractivity contribution in [3.63, 3.8) is 0 Å². The average Bonchev–Trinajstić information content (AvgIpc) is 2.90. The number of hydrogen-bond donors (Lipinski definition) is 2. The Morgan fingerprint density at radius 1 is 0.385 bits per heavy atom. The lowest BCUT2D eigenvalue weighted by molar-refractivity contribution is 0.295. The van der Waals surface area contributed by atoms with Gasteiger partial charge in [0.2, 0.25) is 0 Å². The van der Waals surface area contributed by atoms with Crippen LogP contribution >= 0.6 is 0 Å². The molecule has 0 heterocycles. The standard InChI is InChI=1S/2C16H35N.H2O4S/c2*1-4-7-8-9-10-11-12-13-14-15-16-17(5-2)6-3;1-5(2,3)4/h2*4-16H2,1-3H3;(H2,1,2,3,4). The van der Waals surface area contributed by atoms with E-state index in [9.17, 15) is 0 Å². The van der Waals surface area contributed by atoms with Gasteiger partial charge in [0.15, 0.2) is 0 Å². The zero-order valence-corrected chi connectivity index (χ0v) is 28.2. The molecule has 7 heteroatoms. The van der Waals surface area contributed by atoms with Crippen LogP contribution in [0.3, 0.4) is 0 Å². The zero-order chi connectivity index (χ0) is 30.0. The minimum Gasteiger partial charge on any atom is -0.304 e. The van der Waals surface area contributed by atoms with Crippen LogP contribution < -0.4 is 0 Å². The van der Waals surface area contributed by atoms with Gasteiger partial charge >= 0.3 is 10.4 Å². The van der Waals surface area contributed by atoms with Crippen molar-refractivity contribution in [3.8, 4) is 0 Å². The maximum Gasteiger partial charge on any atom is 0.394 e. The van der Waals surface area contributed by atoms with Gasteiger partial charge in [-0.25, -0.2) is 0 Å². The Morgan fingerprint density at radius 3 is 0.744 bits per heavy atom. The van der Waals surface area contributed by atoms with Gasteiger partial charge in [0, 0.05) is 0 Å². The molecule has 0 radical (unpaired) electrons. The molecule has 0 fully saturated rings. The largest absolute Gasteiger partial charge is 0.394 e. The first-order chi connectivity index (χ1) is 18.7. The molecular weight excluding hydrogens is 508 g/mol. The highest BCUT2D eigenvalue weighted by Gasteiger charge is 1.99. The molecule has 2 N–H and O–H groups in total. The number of unbranched alkanes of at least 4 members (excludes halogenated alkanes) is 18. The van der Waals surface area contributed by atoms with E-state index in [1.54, 1.807) is 0 Å². The second-order valence-electron chi connectivity index (χ2n) is 10.9. The predicted octanol–water partition coefficient (Wildman–Crippen LogP) is 9.85. The quantitative estimate of drug-likeness (QED) is 0.0782. The summed E-state index contributed by atoms with van der Waals surface area (Å²) in [5, 5.41) is 0. The summed E-state index contributed by atoms with van der Waals surface area (Å²) in [6.07, 6.45) is 28.8. The van der Waals surface area contributed by atoms with Gasteiger partial charge < -0.3 is 9.80 Å². The van der Waals surface area contributed by atoms with Crippen LogP contribution in [0.25, 0.3) is 0 Å². The van der Waals surface area contributed by atoms with E-state index in [1.807, 2.05) is 0 Å². The third-order valence-electron chi connectivity index (χ3n) is 7.44. The van der Waals surface area contributed by atoms with E-state index in [0.29, 0.717) is 0 Å². The minimum atomic E-state index is -4.67. The summed E-state index contributed by atoms with van der Waals surface area (Å²) in [5.74, 6) is 0. The summed E-state index contributed by atoms with van der Waals surface area (Å²) >= 11 is 0. The van der Waals surface area contributed by atoms with Gasteiger partial charge in [-0.2, -0.15) is 8.42 Å². The van der Waals surface area contributed by atoms with E-state index in [4.69, 9.17) is 17.5 Å². The molecule has 0 saturated heterocycles. The monoisotopic (exact) mass is 581 g/mol. The van der Waals surface area contributed by atoms with Crippen molar-refractivity contribution < 1.29 is 17.5 Å². The van der Waals surface area contributed by atoms with Crippen LogP contribution in [-0.4, -0.2) is 66.6 Å². The van der Waals surface area contributed by atoms with Crippen LogP contribution in [-0.2, 0) is 10.4 Å². The summed E-state index contributed by atoms with van der Waals surface area (Å²) in [6.45, 7) is 21.1. The van der Waals surface area contributed by atoms with E-state index in [1.165, 1.54) is 168 Å². The maximum absolute atomic E-state index is 8.74. The fraction of sp³-hybridized carbons (Fsp3) is 1.00. The first-order valence-electron chi connectivity index (χ1n) is 16.8. The molecule has 0 spiro atoms. The van der Waals surface area contributed by atoms with Gasteiger partial charge in [0.25, 0.3) is 0 Å². The van der Waals surface area contributed by atoms with Crippen molar-refractivity contribution in [2.75, 3.05) is 39.3 Å². The highest BCUT2D eigenvalue weighted by Crippen LogP contribution is 2.11. The topological polar surface area (TPSA) is 81.1 Å². The summed E-state index contributed by atoms with van der Waals surface area (Å²) in [7, 11) is -4.67. The van der Waals surface area contributed by atoms with Crippen LogP contribution in [0.1, 0.15) is 170 Å². The minimum absolute atomic E-state index is 1.22. The van der Waals surface area contributed by atoms with Crippen molar-refractivity contribution in [2.24, 2.45) is 0 Å². The Balaban J connectivity index is -0.000000566. The Labute approximate surface area is 246 Å². The third kappa shape index (κ3) is 47.9. The molecule has 6 nitrogen and oxygen atoms in total. The summed E-state index contributed by atoms with van der Waals surface area (Å²) < 4.78 is 31.6. The van der Waals surface area contributed by atoms with Crippen LogP contribution in [0, 0.1) is 0 Å². The second-order valence-corrected chi connectivity index (χ2v) is 11.8. The summed E-state index contributed by atoms with van der Waals surface area (Å²) in [4.78, 5) is 5.06. The van der Waals surface area contributed by atoms with Crippen molar-refractivity contribution in [2.45, 2.75) is 170 Å². The van der Waals surface area contributed by atoms with E-state index in [-0.39, 0.29) is 0 Å². The molecule has 0 amide bonds. The second kappa shape index (κ2) is 35.8. The molecule has 0 aliphatic heterocycles. The molecule has 0 saturated carbocycles. The van der Waals surface area contributed by atoms with Crippen LogP contribution in [0.15, 0.2) is 0 Å². The van der Waals surface area contributed by atoms with E-state index in [2.05, 4.69) is 51.3 Å². The average molecular weight is 581 g/mol. The van der Waals surface area contributed by atoms with E-state index in [0.717, 1.165) is 0 Å². The Morgan fingerprint density at radius 2 is 0.564 bits per heavy atom. The molecule has 0 aromatic rings. The maximum atomic E-state index is 8.74. The van der Waals surface area contributed by atoms with Crippen LogP contribution in [0.2, 0.25) is 0 Å². The zero-order valence-electron chi connectivity index (χ0n) is 27.4. The molecule has 0 bridgehead atoms. The van der Waals surface area contributed by atoms with Crippen molar-refractivity contribution in [1.82, 2.24) is 9.80 Å². The van der Waals surface area contributed by atoms with E-state index >= 15 is 0 Å². The van der Waals surface area contributed by atoms with Gasteiger partial charge in [0.1, 0.15) is 0 Å². The molecule has 0 aliphatic rings. The van der Waals surface area contributed by atoms with Gasteiger partial charge in [-0.3, -0.25) is 9.11 Å². The van der Waals surface area contributed by atoms with Crippen molar-refractivity contribution in [3.05, 3.63) is 0 Å². The normalized spacial score (nSPS) is 11.3. The molecule has 0 unspecified atom stereocenters. The van der Waals surface area contributed by atoms with Gasteiger partial charge in [0.05, 0.1) is 0 Å². The van der Waals surface area contributed by atoms with E-state index < -0.39 is 10.4 Å². The van der Waals surface area contributed by atoms with Crippen LogP contribution in [0.5, 0.6) is 0 Å². The lowest BCUT2D eigenvalue weighted by atomic mass is 10.1. The molecule has 39 heavy (non-hydrogen) atoms. The van der Waals surface area contributed by atoms with Crippen LogP contribution in [0.4, 0.5) is 0 Å². The summed E-state index contributed by atoms with van der Waals surface area (Å²) in [6, 6.07) is 0. The number of hydrogen-bond acceptors (Lipinski definition) is 4. The molecule has 0 atom stereocenters. The predicted molar refractivity (Wildman–Crippen MR) is 173 cm³/mol. The fourth-order valence-corrected chi connectivity index (χ4v) is 4.73. The Bertz CT molecular complexity index is 484. The molecule has 0 rings (SSSR count). The highest BCUT2D eigenvalue weighted by atomic mass is 32.3. The molecular formula is C32H72N2O4S. The molecule has 240 valence electrons. The van der Waals surface area contributed by atoms with Crippen molar-refractivity contribution in [1.29, 1.82) is 0 Å². The Kier molecular flexibility index (Phi) is 39.7. The Hall–Kier alpha value is -0.210. The lowest BCUT2D eigenvalue weighted by Gasteiger charge is -2.17. The molecule has 0 aromatic heterocycles. The lowest BCUT2D eigenvalue weighted by Crippen LogP contribution is -2.23. The first kappa shape index (κ1) is 43.2. The van der Waals surface area contributed by atoms with Gasteiger partial charge in [-0.05, 0) is 52.1 Å². The van der Waals surface area contributed by atoms with Crippen molar-refractivity contribution >= 4 is 10.4 Å². The highest BCUT2D eigenvalue weighted by molar-refractivity contribution is 7.79. The SMILES string of the molecule is CCCCCCCCCCCCN(CC)CC.CCCCCCCCCCCCN(CC)CC.O=S(=O)(O)O. The molecule has 0 aliphatic carbocycles.